The lowest BCUT2D eigenvalue weighted by Crippen LogP contribution is -2.21. The van der Waals surface area contributed by atoms with Gasteiger partial charge in [-0.1, -0.05) is 18.2 Å². The topological polar surface area (TPSA) is 47.6 Å². The van der Waals surface area contributed by atoms with Crippen LogP contribution >= 0.6 is 0 Å². The summed E-state index contributed by atoms with van der Waals surface area (Å²) in [5.74, 6) is -0.281. The molecule has 0 aromatic heterocycles. The quantitative estimate of drug-likeness (QED) is 0.631. The summed E-state index contributed by atoms with van der Waals surface area (Å²) >= 11 is 0. The Kier molecular flexibility index (Phi) is 5.36. The zero-order chi connectivity index (χ0) is 13.5. The first-order valence-electron chi connectivity index (χ1n) is 6.80. The first kappa shape index (κ1) is 14.0. The van der Waals surface area contributed by atoms with Gasteiger partial charge >= 0.3 is 5.97 Å². The standard InChI is InChI=1S/C15H21NO3/c1-18-15(17)14-7-3-2-5-12(14)11-16-9-8-13-6-4-10-19-13/h2-3,5,7,13,16H,4,6,8-11H2,1H3. The summed E-state index contributed by atoms with van der Waals surface area (Å²) in [6.45, 7) is 2.48. The summed E-state index contributed by atoms with van der Waals surface area (Å²) in [5, 5.41) is 3.36. The molecule has 0 bridgehead atoms. The zero-order valence-electron chi connectivity index (χ0n) is 11.4. The highest BCUT2D eigenvalue weighted by Gasteiger charge is 2.15. The van der Waals surface area contributed by atoms with Gasteiger partial charge in [0.2, 0.25) is 0 Å². The van der Waals surface area contributed by atoms with Gasteiger partial charge in [-0.05, 0) is 37.4 Å². The van der Waals surface area contributed by atoms with Crippen LogP contribution in [0.3, 0.4) is 0 Å². The van der Waals surface area contributed by atoms with Gasteiger partial charge < -0.3 is 14.8 Å². The van der Waals surface area contributed by atoms with Crippen molar-refractivity contribution in [2.24, 2.45) is 0 Å². The number of hydrogen-bond acceptors (Lipinski definition) is 4. The van der Waals surface area contributed by atoms with Crippen LogP contribution < -0.4 is 5.32 Å². The third-order valence-corrected chi connectivity index (χ3v) is 3.41. The van der Waals surface area contributed by atoms with Gasteiger partial charge in [0.25, 0.3) is 0 Å². The monoisotopic (exact) mass is 263 g/mol. The van der Waals surface area contributed by atoms with Crippen LogP contribution in [0.15, 0.2) is 24.3 Å². The smallest absolute Gasteiger partial charge is 0.338 e. The number of benzene rings is 1. The van der Waals surface area contributed by atoms with Crippen LogP contribution in [0, 0.1) is 0 Å². The van der Waals surface area contributed by atoms with E-state index in [9.17, 15) is 4.79 Å². The summed E-state index contributed by atoms with van der Waals surface area (Å²) in [5.41, 5.74) is 1.61. The van der Waals surface area contributed by atoms with Gasteiger partial charge in [0.1, 0.15) is 0 Å². The fourth-order valence-corrected chi connectivity index (χ4v) is 2.34. The molecule has 104 valence electrons. The molecule has 1 heterocycles. The maximum absolute atomic E-state index is 11.6. The fraction of sp³-hybridized carbons (Fsp3) is 0.533. The van der Waals surface area contributed by atoms with Gasteiger partial charge in [0, 0.05) is 13.2 Å². The van der Waals surface area contributed by atoms with E-state index in [1.807, 2.05) is 18.2 Å². The fourth-order valence-electron chi connectivity index (χ4n) is 2.34. The van der Waals surface area contributed by atoms with Crippen LogP contribution in [0.2, 0.25) is 0 Å². The molecule has 0 spiro atoms. The van der Waals surface area contributed by atoms with Gasteiger partial charge in [-0.15, -0.1) is 0 Å². The number of ether oxygens (including phenoxy) is 2. The van der Waals surface area contributed by atoms with Crippen molar-refractivity contribution in [3.63, 3.8) is 0 Å². The number of nitrogens with one attached hydrogen (secondary N) is 1. The molecular weight excluding hydrogens is 242 g/mol. The minimum Gasteiger partial charge on any atom is -0.465 e. The number of hydrogen-bond donors (Lipinski definition) is 1. The summed E-state index contributed by atoms with van der Waals surface area (Å²) in [7, 11) is 1.41. The molecule has 2 rings (SSSR count). The largest absolute Gasteiger partial charge is 0.465 e. The van der Waals surface area contributed by atoms with Crippen molar-refractivity contribution in [1.82, 2.24) is 5.32 Å². The van der Waals surface area contributed by atoms with Crippen molar-refractivity contribution in [3.8, 4) is 0 Å². The minimum atomic E-state index is -0.281. The van der Waals surface area contributed by atoms with Crippen molar-refractivity contribution in [3.05, 3.63) is 35.4 Å². The number of esters is 1. The molecule has 0 aliphatic carbocycles. The third-order valence-electron chi connectivity index (χ3n) is 3.41. The summed E-state index contributed by atoms with van der Waals surface area (Å²) in [4.78, 5) is 11.6. The highest BCUT2D eigenvalue weighted by atomic mass is 16.5. The summed E-state index contributed by atoms with van der Waals surface area (Å²) < 4.78 is 10.3. The maximum atomic E-state index is 11.6. The Morgan fingerprint density at radius 1 is 1.47 bits per heavy atom. The van der Waals surface area contributed by atoms with E-state index >= 15 is 0 Å². The molecule has 1 aromatic carbocycles. The van der Waals surface area contributed by atoms with Crippen molar-refractivity contribution >= 4 is 5.97 Å². The van der Waals surface area contributed by atoms with E-state index in [0.29, 0.717) is 18.2 Å². The van der Waals surface area contributed by atoms with E-state index in [-0.39, 0.29) is 5.97 Å². The van der Waals surface area contributed by atoms with Crippen LogP contribution in [0.4, 0.5) is 0 Å². The molecule has 1 N–H and O–H groups in total. The van der Waals surface area contributed by atoms with Crippen LogP contribution in [0.1, 0.15) is 35.2 Å². The molecule has 1 saturated heterocycles. The molecule has 0 amide bonds. The molecule has 1 atom stereocenters. The Morgan fingerprint density at radius 3 is 3.05 bits per heavy atom. The molecular formula is C15H21NO3. The molecule has 1 aliphatic rings. The second-order valence-electron chi connectivity index (χ2n) is 4.75. The molecule has 1 fully saturated rings. The Balaban J connectivity index is 1.80. The number of carbonyl (C=O) groups is 1. The van der Waals surface area contributed by atoms with Crippen molar-refractivity contribution in [2.45, 2.75) is 31.9 Å². The molecule has 1 aliphatic heterocycles. The third kappa shape index (κ3) is 4.04. The molecule has 19 heavy (non-hydrogen) atoms. The molecule has 0 saturated carbocycles. The SMILES string of the molecule is COC(=O)c1ccccc1CNCCC1CCCO1. The second kappa shape index (κ2) is 7.26. The van der Waals surface area contributed by atoms with E-state index in [1.54, 1.807) is 6.07 Å². The Morgan fingerprint density at radius 2 is 2.32 bits per heavy atom. The predicted octanol–water partition coefficient (Wildman–Crippen LogP) is 2.13. The highest BCUT2D eigenvalue weighted by Crippen LogP contribution is 2.15. The Labute approximate surface area is 114 Å². The lowest BCUT2D eigenvalue weighted by atomic mass is 10.1. The van der Waals surface area contributed by atoms with Crippen LogP contribution in [0.5, 0.6) is 0 Å². The normalized spacial score (nSPS) is 18.5. The molecule has 4 heteroatoms. The van der Waals surface area contributed by atoms with Crippen molar-refractivity contribution in [2.75, 3.05) is 20.3 Å². The second-order valence-corrected chi connectivity index (χ2v) is 4.75. The van der Waals surface area contributed by atoms with E-state index in [2.05, 4.69) is 5.32 Å². The maximum Gasteiger partial charge on any atom is 0.338 e. The molecule has 1 aromatic rings. The van der Waals surface area contributed by atoms with Crippen LogP contribution in [-0.4, -0.2) is 32.3 Å². The number of rotatable bonds is 6. The summed E-state index contributed by atoms with van der Waals surface area (Å²) in [6, 6.07) is 7.53. The Hall–Kier alpha value is -1.39. The number of methoxy groups -OCH3 is 1. The average molecular weight is 263 g/mol. The van der Waals surface area contributed by atoms with Crippen LogP contribution in [-0.2, 0) is 16.0 Å². The Bertz CT molecular complexity index is 414. The molecule has 1 unspecified atom stereocenters. The number of carbonyl (C=O) groups excluding carboxylic acids is 1. The van der Waals surface area contributed by atoms with E-state index in [0.717, 1.165) is 25.1 Å². The molecule has 4 nitrogen and oxygen atoms in total. The average Bonchev–Trinajstić information content (AvgIpc) is 2.96. The van der Waals surface area contributed by atoms with Gasteiger partial charge in [0.05, 0.1) is 18.8 Å². The van der Waals surface area contributed by atoms with Gasteiger partial charge in [-0.2, -0.15) is 0 Å². The lowest BCUT2D eigenvalue weighted by Gasteiger charge is -2.11. The van der Waals surface area contributed by atoms with Gasteiger partial charge in [0.15, 0.2) is 0 Å². The van der Waals surface area contributed by atoms with E-state index < -0.39 is 0 Å². The summed E-state index contributed by atoms with van der Waals surface area (Å²) in [6.07, 6.45) is 3.78. The van der Waals surface area contributed by atoms with Crippen molar-refractivity contribution < 1.29 is 14.3 Å². The first-order chi connectivity index (χ1) is 9.31. The van der Waals surface area contributed by atoms with Crippen molar-refractivity contribution in [1.29, 1.82) is 0 Å². The van der Waals surface area contributed by atoms with E-state index in [1.165, 1.54) is 20.0 Å². The van der Waals surface area contributed by atoms with Crippen LogP contribution in [0.25, 0.3) is 0 Å². The van der Waals surface area contributed by atoms with E-state index in [4.69, 9.17) is 9.47 Å². The van der Waals surface area contributed by atoms with Gasteiger partial charge in [-0.25, -0.2) is 4.79 Å². The highest BCUT2D eigenvalue weighted by molar-refractivity contribution is 5.90. The predicted molar refractivity (Wildman–Crippen MR) is 73.1 cm³/mol. The van der Waals surface area contributed by atoms with Gasteiger partial charge in [-0.3, -0.25) is 0 Å². The molecule has 0 radical (unpaired) electrons. The lowest BCUT2D eigenvalue weighted by molar-refractivity contribution is 0.0599. The zero-order valence-corrected chi connectivity index (χ0v) is 11.4. The first-order valence-corrected chi connectivity index (χ1v) is 6.80. The minimum absolute atomic E-state index is 0.281.